The Bertz CT molecular complexity index is 256. The molecule has 0 aliphatic carbocycles. The van der Waals surface area contributed by atoms with Crippen molar-refractivity contribution in [3.05, 3.63) is 24.0 Å². The lowest BCUT2D eigenvalue weighted by Crippen LogP contribution is -2.21. The van der Waals surface area contributed by atoms with Crippen LogP contribution in [0.5, 0.6) is 0 Å². The van der Waals surface area contributed by atoms with E-state index in [0.717, 1.165) is 13.1 Å². The summed E-state index contributed by atoms with van der Waals surface area (Å²) < 4.78 is 2.26. The van der Waals surface area contributed by atoms with Gasteiger partial charge in [0.2, 0.25) is 0 Å². The lowest BCUT2D eigenvalue weighted by molar-refractivity contribution is 0.588. The fraction of sp³-hybridized carbons (Fsp3) is 0.636. The van der Waals surface area contributed by atoms with Crippen LogP contribution in [0.3, 0.4) is 0 Å². The zero-order valence-electron chi connectivity index (χ0n) is 9.29. The minimum absolute atomic E-state index is 0.560. The predicted molar refractivity (Wildman–Crippen MR) is 64.8 cm³/mol. The van der Waals surface area contributed by atoms with Gasteiger partial charge in [0.05, 0.1) is 0 Å². The first-order chi connectivity index (χ1) is 6.72. The zero-order valence-corrected chi connectivity index (χ0v) is 10.1. The minimum Gasteiger partial charge on any atom is -0.353 e. The van der Waals surface area contributed by atoms with Gasteiger partial charge in [-0.05, 0) is 17.9 Å². The average Bonchev–Trinajstić information content (AvgIpc) is 2.59. The van der Waals surface area contributed by atoms with E-state index in [2.05, 4.69) is 48.4 Å². The summed E-state index contributed by atoms with van der Waals surface area (Å²) in [6.07, 6.45) is 6.53. The summed E-state index contributed by atoms with van der Waals surface area (Å²) in [5.41, 5.74) is 1.37. The van der Waals surface area contributed by atoms with E-state index in [1.54, 1.807) is 0 Å². The molecule has 0 saturated heterocycles. The molecule has 14 heavy (non-hydrogen) atoms. The van der Waals surface area contributed by atoms with Crippen molar-refractivity contribution in [3.8, 4) is 0 Å². The second kappa shape index (κ2) is 6.14. The maximum absolute atomic E-state index is 3.41. The van der Waals surface area contributed by atoms with E-state index in [1.807, 2.05) is 11.8 Å². The number of aryl methyl sites for hydroxylation is 1. The summed E-state index contributed by atoms with van der Waals surface area (Å²) in [6.45, 7) is 6.43. The van der Waals surface area contributed by atoms with Crippen LogP contribution in [0.4, 0.5) is 0 Å². The van der Waals surface area contributed by atoms with Gasteiger partial charge in [0.1, 0.15) is 0 Å². The predicted octanol–water partition coefficient (Wildman–Crippen LogP) is 2.35. The van der Waals surface area contributed by atoms with Crippen LogP contribution in [0.15, 0.2) is 18.5 Å². The van der Waals surface area contributed by atoms with Crippen molar-refractivity contribution in [2.45, 2.75) is 33.0 Å². The first-order valence-corrected chi connectivity index (χ1v) is 6.48. The largest absolute Gasteiger partial charge is 0.353 e. The molecule has 0 aliphatic heterocycles. The molecule has 0 aliphatic rings. The third kappa shape index (κ3) is 4.20. The molecular weight excluding hydrogens is 192 g/mol. The summed E-state index contributed by atoms with van der Waals surface area (Å²) in [7, 11) is 0. The van der Waals surface area contributed by atoms with Gasteiger partial charge in [-0.1, -0.05) is 13.8 Å². The van der Waals surface area contributed by atoms with Crippen molar-refractivity contribution in [2.24, 2.45) is 0 Å². The standard InChI is InChI=1S/C11H20N2S/c1-10(2)12-8-11-4-5-13(9-11)6-7-14-3/h4-5,9-10,12H,6-8H2,1-3H3. The van der Waals surface area contributed by atoms with Crippen LogP contribution >= 0.6 is 11.8 Å². The average molecular weight is 212 g/mol. The van der Waals surface area contributed by atoms with E-state index < -0.39 is 0 Å². The van der Waals surface area contributed by atoms with Crippen molar-refractivity contribution in [2.75, 3.05) is 12.0 Å². The Balaban J connectivity index is 2.35. The maximum Gasteiger partial charge on any atom is 0.0310 e. The highest BCUT2D eigenvalue weighted by molar-refractivity contribution is 7.98. The van der Waals surface area contributed by atoms with Crippen molar-refractivity contribution >= 4 is 11.8 Å². The van der Waals surface area contributed by atoms with Crippen LogP contribution in [0.1, 0.15) is 19.4 Å². The molecule has 0 aromatic carbocycles. The van der Waals surface area contributed by atoms with E-state index in [9.17, 15) is 0 Å². The molecule has 0 spiro atoms. The smallest absolute Gasteiger partial charge is 0.0310 e. The molecule has 0 fully saturated rings. The molecule has 1 N–H and O–H groups in total. The fourth-order valence-corrected chi connectivity index (χ4v) is 1.65. The summed E-state index contributed by atoms with van der Waals surface area (Å²) >= 11 is 1.89. The SMILES string of the molecule is CSCCn1ccc(CNC(C)C)c1. The van der Waals surface area contributed by atoms with Gasteiger partial charge < -0.3 is 9.88 Å². The Kier molecular flexibility index (Phi) is 5.12. The third-order valence-corrected chi connectivity index (χ3v) is 2.67. The van der Waals surface area contributed by atoms with Gasteiger partial charge in [-0.25, -0.2) is 0 Å². The van der Waals surface area contributed by atoms with E-state index in [-0.39, 0.29) is 0 Å². The first-order valence-electron chi connectivity index (χ1n) is 5.09. The normalized spacial score (nSPS) is 11.1. The van der Waals surface area contributed by atoms with Gasteiger partial charge in [0, 0.05) is 37.3 Å². The molecular formula is C11H20N2S. The van der Waals surface area contributed by atoms with Crippen LogP contribution in [0.2, 0.25) is 0 Å². The summed E-state index contributed by atoms with van der Waals surface area (Å²) in [5, 5.41) is 3.41. The van der Waals surface area contributed by atoms with Crippen molar-refractivity contribution in [1.29, 1.82) is 0 Å². The highest BCUT2D eigenvalue weighted by atomic mass is 32.2. The molecule has 1 heterocycles. The molecule has 0 radical (unpaired) electrons. The number of hydrogen-bond acceptors (Lipinski definition) is 2. The van der Waals surface area contributed by atoms with Gasteiger partial charge in [0.15, 0.2) is 0 Å². The number of nitrogens with zero attached hydrogens (tertiary/aromatic N) is 1. The molecule has 2 nitrogen and oxygen atoms in total. The molecule has 0 bridgehead atoms. The maximum atomic E-state index is 3.41. The third-order valence-electron chi connectivity index (χ3n) is 2.08. The Hall–Kier alpha value is -0.410. The summed E-state index contributed by atoms with van der Waals surface area (Å²) in [6, 6.07) is 2.75. The van der Waals surface area contributed by atoms with Crippen molar-refractivity contribution in [1.82, 2.24) is 9.88 Å². The highest BCUT2D eigenvalue weighted by Gasteiger charge is 1.97. The van der Waals surface area contributed by atoms with Crippen LogP contribution in [0.25, 0.3) is 0 Å². The zero-order chi connectivity index (χ0) is 10.4. The number of hydrogen-bond donors (Lipinski definition) is 1. The monoisotopic (exact) mass is 212 g/mol. The Morgan fingerprint density at radius 1 is 1.50 bits per heavy atom. The Morgan fingerprint density at radius 3 is 2.93 bits per heavy atom. The number of nitrogens with one attached hydrogen (secondary N) is 1. The lowest BCUT2D eigenvalue weighted by atomic mass is 10.3. The topological polar surface area (TPSA) is 17.0 Å². The summed E-state index contributed by atoms with van der Waals surface area (Å²) in [5.74, 6) is 1.19. The van der Waals surface area contributed by atoms with E-state index >= 15 is 0 Å². The molecule has 0 atom stereocenters. The number of rotatable bonds is 6. The minimum atomic E-state index is 0.560. The quantitative estimate of drug-likeness (QED) is 0.779. The lowest BCUT2D eigenvalue weighted by Gasteiger charge is -2.05. The highest BCUT2D eigenvalue weighted by Crippen LogP contribution is 2.03. The van der Waals surface area contributed by atoms with E-state index in [4.69, 9.17) is 0 Å². The number of thioether (sulfide) groups is 1. The Labute approximate surface area is 91.1 Å². The van der Waals surface area contributed by atoms with Gasteiger partial charge >= 0.3 is 0 Å². The molecule has 1 aromatic heterocycles. The number of aromatic nitrogens is 1. The van der Waals surface area contributed by atoms with E-state index in [0.29, 0.717) is 6.04 Å². The van der Waals surface area contributed by atoms with E-state index in [1.165, 1.54) is 11.3 Å². The molecule has 80 valence electrons. The second-order valence-electron chi connectivity index (χ2n) is 3.79. The van der Waals surface area contributed by atoms with Crippen molar-refractivity contribution in [3.63, 3.8) is 0 Å². The van der Waals surface area contributed by atoms with Gasteiger partial charge in [-0.3, -0.25) is 0 Å². The fourth-order valence-electron chi connectivity index (χ4n) is 1.25. The van der Waals surface area contributed by atoms with Gasteiger partial charge in [-0.2, -0.15) is 11.8 Å². The first kappa shape index (κ1) is 11.7. The molecule has 1 aromatic rings. The molecule has 3 heteroatoms. The van der Waals surface area contributed by atoms with Crippen LogP contribution in [0, 0.1) is 0 Å². The molecule has 1 rings (SSSR count). The summed E-state index contributed by atoms with van der Waals surface area (Å²) in [4.78, 5) is 0. The van der Waals surface area contributed by atoms with Crippen LogP contribution in [-0.2, 0) is 13.1 Å². The van der Waals surface area contributed by atoms with Gasteiger partial charge in [-0.15, -0.1) is 0 Å². The van der Waals surface area contributed by atoms with Crippen molar-refractivity contribution < 1.29 is 0 Å². The molecule has 0 amide bonds. The van der Waals surface area contributed by atoms with Crippen LogP contribution in [-0.4, -0.2) is 22.6 Å². The Morgan fingerprint density at radius 2 is 2.29 bits per heavy atom. The van der Waals surface area contributed by atoms with Gasteiger partial charge in [0.25, 0.3) is 0 Å². The van der Waals surface area contributed by atoms with Crippen LogP contribution < -0.4 is 5.32 Å². The second-order valence-corrected chi connectivity index (χ2v) is 4.77. The molecule has 0 unspecified atom stereocenters. The molecule has 0 saturated carbocycles.